The van der Waals surface area contributed by atoms with Crippen LogP contribution in [0.4, 0.5) is 4.79 Å². The van der Waals surface area contributed by atoms with Crippen LogP contribution >= 0.6 is 0 Å². The summed E-state index contributed by atoms with van der Waals surface area (Å²) in [7, 11) is 0. The Hall–Kier alpha value is -3.61. The predicted octanol–water partition coefficient (Wildman–Crippen LogP) is 5.57. The molecule has 7 nitrogen and oxygen atoms in total. The molecule has 1 aliphatic heterocycles. The molecule has 0 saturated heterocycles. The fourth-order valence-corrected chi connectivity index (χ4v) is 7.39. The van der Waals surface area contributed by atoms with Crippen molar-refractivity contribution in [2.45, 2.75) is 72.2 Å². The summed E-state index contributed by atoms with van der Waals surface area (Å²) in [4.78, 5) is 28.6. The molecule has 2 aromatic carbocycles. The lowest BCUT2D eigenvalue weighted by atomic mass is 9.68. The Labute approximate surface area is 230 Å². The number of ether oxygens (including phenoxy) is 1. The molecule has 0 spiro atoms. The van der Waals surface area contributed by atoms with E-state index in [0.717, 1.165) is 35.2 Å². The molecular weight excluding hydrogens is 488 g/mol. The molecule has 2 bridgehead atoms. The number of hydrogen-bond donors (Lipinski definition) is 1. The number of hydrogen-bond acceptors (Lipinski definition) is 4. The van der Waals surface area contributed by atoms with Gasteiger partial charge in [0.15, 0.2) is 5.69 Å². The summed E-state index contributed by atoms with van der Waals surface area (Å²) in [6.45, 7) is 8.55. The fourth-order valence-electron chi connectivity index (χ4n) is 7.39. The van der Waals surface area contributed by atoms with Crippen molar-refractivity contribution in [3.8, 4) is 0 Å². The van der Waals surface area contributed by atoms with E-state index in [4.69, 9.17) is 9.84 Å². The highest BCUT2D eigenvalue weighted by Crippen LogP contribution is 2.62. The van der Waals surface area contributed by atoms with Crippen molar-refractivity contribution in [1.82, 2.24) is 20.0 Å². The Morgan fingerprint density at radius 3 is 2.38 bits per heavy atom. The average molecular weight is 527 g/mol. The Bertz CT molecular complexity index is 1360. The summed E-state index contributed by atoms with van der Waals surface area (Å²) < 4.78 is 7.58. The zero-order valence-electron chi connectivity index (χ0n) is 23.2. The van der Waals surface area contributed by atoms with Gasteiger partial charge in [-0.2, -0.15) is 5.10 Å². The van der Waals surface area contributed by atoms with E-state index in [1.165, 1.54) is 6.42 Å². The molecule has 2 aliphatic carbocycles. The van der Waals surface area contributed by atoms with E-state index in [-0.39, 0.29) is 35.5 Å². The molecule has 3 aliphatic rings. The average Bonchev–Trinajstić information content (AvgIpc) is 3.57. The summed E-state index contributed by atoms with van der Waals surface area (Å²) in [6, 6.07) is 20.0. The van der Waals surface area contributed by atoms with Gasteiger partial charge in [0, 0.05) is 30.3 Å². The van der Waals surface area contributed by atoms with Gasteiger partial charge in [0.05, 0.1) is 13.1 Å². The monoisotopic (exact) mass is 526 g/mol. The first-order chi connectivity index (χ1) is 18.7. The molecule has 1 aromatic heterocycles. The first kappa shape index (κ1) is 25.7. The van der Waals surface area contributed by atoms with Gasteiger partial charge in [-0.05, 0) is 47.1 Å². The van der Waals surface area contributed by atoms with Crippen molar-refractivity contribution < 1.29 is 14.3 Å². The molecule has 0 radical (unpaired) electrons. The molecule has 7 heteroatoms. The molecule has 6 rings (SSSR count). The van der Waals surface area contributed by atoms with Crippen LogP contribution in [-0.2, 0) is 30.9 Å². The zero-order valence-corrected chi connectivity index (χ0v) is 23.2. The number of carbonyl (C=O) groups excluding carboxylic acids is 2. The number of nitrogens with one attached hydrogen (secondary N) is 1. The van der Waals surface area contributed by atoms with Crippen molar-refractivity contribution in [3.05, 3.63) is 88.7 Å². The molecule has 39 heavy (non-hydrogen) atoms. The summed E-state index contributed by atoms with van der Waals surface area (Å²) in [5, 5.41) is 8.30. The first-order valence-corrected chi connectivity index (χ1v) is 14.1. The zero-order chi connectivity index (χ0) is 27.2. The number of aromatic nitrogens is 2. The number of rotatable bonds is 6. The third-order valence-corrected chi connectivity index (χ3v) is 9.53. The second-order valence-electron chi connectivity index (χ2n) is 12.5. The smallest absolute Gasteiger partial charge is 0.410 e. The minimum atomic E-state index is -0.367. The molecule has 2 heterocycles. The van der Waals surface area contributed by atoms with Crippen molar-refractivity contribution in [3.63, 3.8) is 0 Å². The SMILES string of the molecule is CC12CCC(C1)C(C)(C)C2NC(=O)c1nn(Cc2ccccc2)c2c1CN(C(=O)OCc1ccccc1)CC2. The van der Waals surface area contributed by atoms with Crippen LogP contribution in [0.15, 0.2) is 60.7 Å². The van der Waals surface area contributed by atoms with Gasteiger partial charge in [-0.1, -0.05) is 81.4 Å². The molecule has 3 atom stereocenters. The number of nitrogens with zero attached hydrogens (tertiary/aromatic N) is 3. The van der Waals surface area contributed by atoms with Gasteiger partial charge in [0.1, 0.15) is 6.61 Å². The van der Waals surface area contributed by atoms with Crippen LogP contribution in [0.2, 0.25) is 0 Å². The quantitative estimate of drug-likeness (QED) is 0.456. The van der Waals surface area contributed by atoms with Crippen LogP contribution in [0.25, 0.3) is 0 Å². The normalized spacial score (nSPS) is 24.8. The predicted molar refractivity (Wildman–Crippen MR) is 149 cm³/mol. The van der Waals surface area contributed by atoms with E-state index in [2.05, 4.69) is 38.2 Å². The summed E-state index contributed by atoms with van der Waals surface area (Å²) in [6.07, 6.45) is 3.79. The second-order valence-corrected chi connectivity index (χ2v) is 12.5. The fraction of sp³-hybridized carbons (Fsp3) is 0.469. The van der Waals surface area contributed by atoms with Crippen LogP contribution in [0.3, 0.4) is 0 Å². The van der Waals surface area contributed by atoms with Crippen LogP contribution in [0.5, 0.6) is 0 Å². The van der Waals surface area contributed by atoms with Crippen LogP contribution in [0, 0.1) is 16.7 Å². The minimum absolute atomic E-state index is 0.0443. The van der Waals surface area contributed by atoms with Gasteiger partial charge in [-0.15, -0.1) is 0 Å². The molecule has 204 valence electrons. The Balaban J connectivity index is 1.26. The van der Waals surface area contributed by atoms with Gasteiger partial charge in [-0.3, -0.25) is 9.48 Å². The molecule has 2 fully saturated rings. The lowest BCUT2D eigenvalue weighted by Gasteiger charge is -2.43. The largest absolute Gasteiger partial charge is 0.445 e. The number of fused-ring (bicyclic) bond motifs is 3. The van der Waals surface area contributed by atoms with E-state index in [0.29, 0.717) is 37.7 Å². The van der Waals surface area contributed by atoms with E-state index in [1.807, 2.05) is 53.2 Å². The maximum absolute atomic E-state index is 13.9. The highest BCUT2D eigenvalue weighted by atomic mass is 16.6. The first-order valence-electron chi connectivity index (χ1n) is 14.1. The Morgan fingerprint density at radius 1 is 1.03 bits per heavy atom. The molecule has 3 unspecified atom stereocenters. The van der Waals surface area contributed by atoms with Gasteiger partial charge in [-0.25, -0.2) is 4.79 Å². The molecular formula is C32H38N4O3. The molecule has 2 amide bonds. The van der Waals surface area contributed by atoms with E-state index in [1.54, 1.807) is 4.90 Å². The minimum Gasteiger partial charge on any atom is -0.445 e. The number of carbonyl (C=O) groups is 2. The third-order valence-electron chi connectivity index (χ3n) is 9.53. The van der Waals surface area contributed by atoms with E-state index in [9.17, 15) is 9.59 Å². The maximum atomic E-state index is 13.9. The second kappa shape index (κ2) is 9.85. The summed E-state index contributed by atoms with van der Waals surface area (Å²) in [5.41, 5.74) is 4.52. The van der Waals surface area contributed by atoms with Crippen molar-refractivity contribution in [2.75, 3.05) is 6.54 Å². The summed E-state index contributed by atoms with van der Waals surface area (Å²) >= 11 is 0. The highest BCUT2D eigenvalue weighted by Gasteiger charge is 2.59. The highest BCUT2D eigenvalue weighted by molar-refractivity contribution is 5.94. The van der Waals surface area contributed by atoms with Crippen molar-refractivity contribution >= 4 is 12.0 Å². The van der Waals surface area contributed by atoms with E-state index >= 15 is 0 Å². The van der Waals surface area contributed by atoms with E-state index < -0.39 is 0 Å². The lowest BCUT2D eigenvalue weighted by molar-refractivity contribution is 0.0727. The number of benzene rings is 2. The van der Waals surface area contributed by atoms with Crippen LogP contribution in [0.1, 0.15) is 72.9 Å². The van der Waals surface area contributed by atoms with Gasteiger partial charge >= 0.3 is 6.09 Å². The van der Waals surface area contributed by atoms with Gasteiger partial charge < -0.3 is 15.0 Å². The summed E-state index contributed by atoms with van der Waals surface area (Å²) in [5.74, 6) is 0.497. The Kier molecular flexibility index (Phi) is 6.48. The lowest BCUT2D eigenvalue weighted by Crippen LogP contribution is -2.52. The van der Waals surface area contributed by atoms with Crippen LogP contribution in [-0.4, -0.2) is 39.3 Å². The topological polar surface area (TPSA) is 76.5 Å². The Morgan fingerprint density at radius 2 is 1.72 bits per heavy atom. The molecule has 2 saturated carbocycles. The molecule has 1 N–H and O–H groups in total. The van der Waals surface area contributed by atoms with Crippen molar-refractivity contribution in [2.24, 2.45) is 16.7 Å². The maximum Gasteiger partial charge on any atom is 0.410 e. The van der Waals surface area contributed by atoms with Gasteiger partial charge in [0.25, 0.3) is 5.91 Å². The standard InChI is InChI=1S/C32H38N4O3/c1-31(2)24-14-16-32(3,18-24)29(31)33-28(37)27-25-20-35(30(38)39-21-23-12-8-5-9-13-23)17-15-26(25)36(34-27)19-22-10-6-4-7-11-22/h4-13,24,29H,14-21H2,1-3H3,(H,33,37). The number of amides is 2. The van der Waals surface area contributed by atoms with Crippen LogP contribution < -0.4 is 5.32 Å². The molecule has 3 aromatic rings. The van der Waals surface area contributed by atoms with Crippen molar-refractivity contribution in [1.29, 1.82) is 0 Å². The van der Waals surface area contributed by atoms with Gasteiger partial charge in [0.2, 0.25) is 0 Å². The third kappa shape index (κ3) is 4.72.